The third kappa shape index (κ3) is 3.31. The zero-order chi connectivity index (χ0) is 11.9. The van der Waals surface area contributed by atoms with Crippen LogP contribution < -0.4 is 0 Å². The van der Waals surface area contributed by atoms with Crippen molar-refractivity contribution in [1.29, 1.82) is 0 Å². The summed E-state index contributed by atoms with van der Waals surface area (Å²) in [5.41, 5.74) is 1.45. The molecule has 0 saturated carbocycles. The fraction of sp³-hybridized carbons (Fsp3) is 0.375. The minimum absolute atomic E-state index is 0.328. The summed E-state index contributed by atoms with van der Waals surface area (Å²) in [6, 6.07) is 15.1. The van der Waals surface area contributed by atoms with Crippen molar-refractivity contribution in [2.45, 2.75) is 32.1 Å². The number of hydrogen-bond donors (Lipinski definition) is 1. The lowest BCUT2D eigenvalue weighted by Gasteiger charge is -2.06. The van der Waals surface area contributed by atoms with Crippen LogP contribution in [-0.4, -0.2) is 11.7 Å². The number of aliphatic hydroxyl groups is 1. The molecular formula is C16H20O. The number of fused-ring (bicyclic) bond motifs is 1. The van der Waals surface area contributed by atoms with Gasteiger partial charge in [-0.3, -0.25) is 0 Å². The molecule has 0 aliphatic carbocycles. The minimum atomic E-state index is 0.328. The highest BCUT2D eigenvalue weighted by Crippen LogP contribution is 2.20. The molecule has 17 heavy (non-hydrogen) atoms. The highest BCUT2D eigenvalue weighted by atomic mass is 16.2. The summed E-state index contributed by atoms with van der Waals surface area (Å²) in [6.07, 6.45) is 5.65. The number of aliphatic hydroxyl groups excluding tert-OH is 1. The first kappa shape index (κ1) is 12.1. The highest BCUT2D eigenvalue weighted by Gasteiger charge is 1.99. The number of hydrogen-bond acceptors (Lipinski definition) is 1. The molecule has 0 saturated heterocycles. The zero-order valence-corrected chi connectivity index (χ0v) is 10.2. The summed E-state index contributed by atoms with van der Waals surface area (Å²) in [6.45, 7) is 0.328. The van der Waals surface area contributed by atoms with Crippen LogP contribution >= 0.6 is 0 Å². The largest absolute Gasteiger partial charge is 0.396 e. The van der Waals surface area contributed by atoms with Crippen LogP contribution in [0.1, 0.15) is 31.2 Å². The van der Waals surface area contributed by atoms with Crippen LogP contribution in [0.2, 0.25) is 0 Å². The summed E-state index contributed by atoms with van der Waals surface area (Å²) in [5.74, 6) is 0. The van der Waals surface area contributed by atoms with Crippen molar-refractivity contribution in [3.63, 3.8) is 0 Å². The van der Waals surface area contributed by atoms with E-state index in [1.807, 2.05) is 0 Å². The third-order valence-corrected chi connectivity index (χ3v) is 3.23. The Morgan fingerprint density at radius 3 is 2.41 bits per heavy atom. The Bertz CT molecular complexity index is 457. The van der Waals surface area contributed by atoms with Gasteiger partial charge in [-0.1, -0.05) is 55.3 Å². The van der Waals surface area contributed by atoms with Crippen molar-refractivity contribution in [3.8, 4) is 0 Å². The molecule has 1 N–H and O–H groups in total. The summed E-state index contributed by atoms with van der Waals surface area (Å²) >= 11 is 0. The molecule has 2 aromatic carbocycles. The van der Waals surface area contributed by atoms with E-state index >= 15 is 0 Å². The van der Waals surface area contributed by atoms with Crippen LogP contribution in [0.25, 0.3) is 10.8 Å². The normalized spacial score (nSPS) is 10.9. The molecule has 0 aromatic heterocycles. The second-order valence-electron chi connectivity index (χ2n) is 4.53. The third-order valence-electron chi connectivity index (χ3n) is 3.23. The smallest absolute Gasteiger partial charge is 0.0431 e. The molecule has 0 bridgehead atoms. The van der Waals surface area contributed by atoms with Gasteiger partial charge in [-0.25, -0.2) is 0 Å². The van der Waals surface area contributed by atoms with Crippen LogP contribution in [0.3, 0.4) is 0 Å². The van der Waals surface area contributed by atoms with Gasteiger partial charge in [0.25, 0.3) is 0 Å². The second-order valence-corrected chi connectivity index (χ2v) is 4.53. The summed E-state index contributed by atoms with van der Waals surface area (Å²) in [7, 11) is 0. The maximum atomic E-state index is 8.72. The van der Waals surface area contributed by atoms with E-state index in [1.165, 1.54) is 29.2 Å². The Morgan fingerprint density at radius 2 is 1.53 bits per heavy atom. The molecule has 0 heterocycles. The average Bonchev–Trinajstić information content (AvgIpc) is 2.39. The number of unbranched alkanes of at least 4 members (excludes halogenated alkanes) is 3. The maximum Gasteiger partial charge on any atom is 0.0431 e. The fourth-order valence-corrected chi connectivity index (χ4v) is 2.29. The monoisotopic (exact) mass is 228 g/mol. The zero-order valence-electron chi connectivity index (χ0n) is 10.2. The van der Waals surface area contributed by atoms with Crippen molar-refractivity contribution in [2.75, 3.05) is 6.61 Å². The predicted molar refractivity (Wildman–Crippen MR) is 73.2 cm³/mol. The topological polar surface area (TPSA) is 20.2 Å². The SMILES string of the molecule is OCCCCCCc1cccc2ccccc12. The Balaban J connectivity index is 1.98. The molecule has 0 radical (unpaired) electrons. The fourth-order valence-electron chi connectivity index (χ4n) is 2.29. The molecule has 1 heteroatoms. The molecule has 0 aliphatic heterocycles. The number of aryl methyl sites for hydroxylation is 1. The summed E-state index contributed by atoms with van der Waals surface area (Å²) in [4.78, 5) is 0. The average molecular weight is 228 g/mol. The van der Waals surface area contributed by atoms with Crippen molar-refractivity contribution in [1.82, 2.24) is 0 Å². The van der Waals surface area contributed by atoms with Gasteiger partial charge in [-0.2, -0.15) is 0 Å². The van der Waals surface area contributed by atoms with Gasteiger partial charge in [0, 0.05) is 6.61 Å². The minimum Gasteiger partial charge on any atom is -0.396 e. The molecule has 0 unspecified atom stereocenters. The van der Waals surface area contributed by atoms with Crippen LogP contribution in [0.15, 0.2) is 42.5 Å². The van der Waals surface area contributed by atoms with Crippen LogP contribution in [0, 0.1) is 0 Å². The van der Waals surface area contributed by atoms with Gasteiger partial charge < -0.3 is 5.11 Å². The Morgan fingerprint density at radius 1 is 0.765 bits per heavy atom. The lowest BCUT2D eigenvalue weighted by Crippen LogP contribution is -1.89. The molecule has 0 spiro atoms. The van der Waals surface area contributed by atoms with E-state index in [4.69, 9.17) is 5.11 Å². The molecule has 0 amide bonds. The molecule has 2 rings (SSSR count). The van der Waals surface area contributed by atoms with Crippen molar-refractivity contribution in [3.05, 3.63) is 48.0 Å². The van der Waals surface area contributed by atoms with Gasteiger partial charge in [0.05, 0.1) is 0 Å². The van der Waals surface area contributed by atoms with Crippen molar-refractivity contribution >= 4 is 10.8 Å². The molecular weight excluding hydrogens is 208 g/mol. The van der Waals surface area contributed by atoms with E-state index in [2.05, 4.69) is 42.5 Å². The highest BCUT2D eigenvalue weighted by molar-refractivity contribution is 5.85. The van der Waals surface area contributed by atoms with Gasteiger partial charge in [0.2, 0.25) is 0 Å². The molecule has 0 aliphatic rings. The quantitative estimate of drug-likeness (QED) is 0.743. The van der Waals surface area contributed by atoms with Crippen LogP contribution in [-0.2, 0) is 6.42 Å². The van der Waals surface area contributed by atoms with Gasteiger partial charge in [-0.05, 0) is 35.6 Å². The Kier molecular flexibility index (Phi) is 4.57. The molecule has 0 atom stereocenters. The number of rotatable bonds is 6. The standard InChI is InChI=1S/C16H20O/c17-13-6-2-1-3-8-14-10-7-11-15-9-4-5-12-16(14)15/h4-5,7,9-12,17H,1-3,6,8,13H2. The van der Waals surface area contributed by atoms with Crippen molar-refractivity contribution in [2.24, 2.45) is 0 Å². The first-order chi connectivity index (χ1) is 8.42. The van der Waals surface area contributed by atoms with Crippen molar-refractivity contribution < 1.29 is 5.11 Å². The van der Waals surface area contributed by atoms with Gasteiger partial charge in [0.1, 0.15) is 0 Å². The first-order valence-corrected chi connectivity index (χ1v) is 6.49. The molecule has 0 fully saturated rings. The van der Waals surface area contributed by atoms with E-state index in [-0.39, 0.29) is 0 Å². The summed E-state index contributed by atoms with van der Waals surface area (Å²) in [5, 5.41) is 11.4. The number of benzene rings is 2. The van der Waals surface area contributed by atoms with Gasteiger partial charge in [-0.15, -0.1) is 0 Å². The van der Waals surface area contributed by atoms with E-state index < -0.39 is 0 Å². The first-order valence-electron chi connectivity index (χ1n) is 6.49. The molecule has 2 aromatic rings. The van der Waals surface area contributed by atoms with E-state index in [9.17, 15) is 0 Å². The maximum absolute atomic E-state index is 8.72. The van der Waals surface area contributed by atoms with Gasteiger partial charge in [0.15, 0.2) is 0 Å². The Labute approximate surface area is 103 Å². The van der Waals surface area contributed by atoms with E-state index in [0.717, 1.165) is 19.3 Å². The van der Waals surface area contributed by atoms with Crippen LogP contribution in [0.4, 0.5) is 0 Å². The Hall–Kier alpha value is -1.34. The van der Waals surface area contributed by atoms with E-state index in [0.29, 0.717) is 6.61 Å². The molecule has 90 valence electrons. The van der Waals surface area contributed by atoms with Crippen LogP contribution in [0.5, 0.6) is 0 Å². The second kappa shape index (κ2) is 6.41. The summed E-state index contributed by atoms with van der Waals surface area (Å²) < 4.78 is 0. The van der Waals surface area contributed by atoms with E-state index in [1.54, 1.807) is 0 Å². The lowest BCUT2D eigenvalue weighted by molar-refractivity contribution is 0.282. The molecule has 1 nitrogen and oxygen atoms in total. The lowest BCUT2D eigenvalue weighted by atomic mass is 9.99. The van der Waals surface area contributed by atoms with Gasteiger partial charge >= 0.3 is 0 Å². The predicted octanol–water partition coefficient (Wildman–Crippen LogP) is 3.94.